The third-order valence-corrected chi connectivity index (χ3v) is 2.02. The molecule has 14 heavy (non-hydrogen) atoms. The molecule has 0 fully saturated rings. The highest BCUT2D eigenvalue weighted by Gasteiger charge is 2.11. The summed E-state index contributed by atoms with van der Waals surface area (Å²) < 4.78 is 5.11. The zero-order valence-electron chi connectivity index (χ0n) is 8.03. The van der Waals surface area contributed by atoms with Crippen LogP contribution in [-0.2, 0) is 0 Å². The van der Waals surface area contributed by atoms with Gasteiger partial charge in [-0.25, -0.2) is 0 Å². The average molecular weight is 190 g/mol. The van der Waals surface area contributed by atoms with Gasteiger partial charge in [0.25, 0.3) is 0 Å². The Morgan fingerprint density at radius 3 is 2.86 bits per heavy atom. The van der Waals surface area contributed by atoms with E-state index in [2.05, 4.69) is 6.92 Å². The molecule has 0 aliphatic heterocycles. The van der Waals surface area contributed by atoms with Crippen LogP contribution in [0.15, 0.2) is 18.2 Å². The number of hydrogen-bond donors (Lipinski definition) is 1. The Hall–Kier alpha value is -1.53. The quantitative estimate of drug-likeness (QED) is 0.785. The number of benzene rings is 1. The fraction of sp³-hybridized carbons (Fsp3) is 0.273. The largest absolute Gasteiger partial charge is 0.496 e. The van der Waals surface area contributed by atoms with Gasteiger partial charge >= 0.3 is 0 Å². The number of hydrogen-bond acceptors (Lipinski definition) is 3. The molecular weight excluding hydrogens is 178 g/mol. The van der Waals surface area contributed by atoms with Crippen molar-refractivity contribution in [3.05, 3.63) is 36.2 Å². The van der Waals surface area contributed by atoms with Crippen LogP contribution in [0.2, 0.25) is 0 Å². The molecule has 1 rings (SSSR count). The number of ether oxygens (including phenoxy) is 1. The van der Waals surface area contributed by atoms with E-state index in [4.69, 9.17) is 15.1 Å². The average Bonchev–Trinajstić information content (AvgIpc) is 2.27. The van der Waals surface area contributed by atoms with Crippen LogP contribution in [-0.4, -0.2) is 18.8 Å². The Morgan fingerprint density at radius 1 is 1.64 bits per heavy atom. The lowest BCUT2D eigenvalue weighted by atomic mass is 9.99. The van der Waals surface area contributed by atoms with Crippen LogP contribution in [0.4, 0.5) is 0 Å². The Morgan fingerprint density at radius 2 is 2.36 bits per heavy atom. The standard InChI is InChI=1S/C11H12NO2/c1-8(7-13)10-5-9(6-12)3-4-11(10)14-2/h3-5,8,13H,1,7H2,2H3. The van der Waals surface area contributed by atoms with Crippen molar-refractivity contribution in [1.82, 2.24) is 0 Å². The minimum absolute atomic E-state index is 0.0642. The fourth-order valence-electron chi connectivity index (χ4n) is 1.22. The number of rotatable bonds is 3. The van der Waals surface area contributed by atoms with Gasteiger partial charge in [0.1, 0.15) is 5.75 Å². The fourth-order valence-corrected chi connectivity index (χ4v) is 1.22. The highest BCUT2D eigenvalue weighted by atomic mass is 16.5. The molecule has 1 unspecified atom stereocenters. The lowest BCUT2D eigenvalue weighted by Gasteiger charge is -2.13. The van der Waals surface area contributed by atoms with Crippen LogP contribution < -0.4 is 4.74 Å². The zero-order chi connectivity index (χ0) is 10.6. The third-order valence-electron chi connectivity index (χ3n) is 2.02. The van der Waals surface area contributed by atoms with Gasteiger partial charge in [0.05, 0.1) is 25.3 Å². The van der Waals surface area contributed by atoms with E-state index in [1.807, 2.05) is 6.07 Å². The predicted octanol–water partition coefficient (Wildman–Crippen LogP) is 1.48. The van der Waals surface area contributed by atoms with Crippen molar-refractivity contribution in [2.75, 3.05) is 13.7 Å². The van der Waals surface area contributed by atoms with Gasteiger partial charge in [0.15, 0.2) is 0 Å². The van der Waals surface area contributed by atoms with E-state index in [-0.39, 0.29) is 12.5 Å². The minimum Gasteiger partial charge on any atom is -0.496 e. The van der Waals surface area contributed by atoms with Crippen molar-refractivity contribution >= 4 is 0 Å². The Labute approximate surface area is 83.6 Å². The van der Waals surface area contributed by atoms with Crippen LogP contribution in [0.1, 0.15) is 17.0 Å². The smallest absolute Gasteiger partial charge is 0.122 e. The zero-order valence-corrected chi connectivity index (χ0v) is 8.03. The van der Waals surface area contributed by atoms with E-state index in [9.17, 15) is 0 Å². The molecule has 0 saturated heterocycles. The van der Waals surface area contributed by atoms with E-state index >= 15 is 0 Å². The van der Waals surface area contributed by atoms with Crippen molar-refractivity contribution in [3.8, 4) is 11.8 Å². The molecular formula is C11H12NO2. The van der Waals surface area contributed by atoms with Gasteiger partial charge in [-0.15, -0.1) is 0 Å². The molecule has 3 nitrogen and oxygen atoms in total. The van der Waals surface area contributed by atoms with Gasteiger partial charge < -0.3 is 9.84 Å². The summed E-state index contributed by atoms with van der Waals surface area (Å²) in [4.78, 5) is 0. The first kappa shape index (κ1) is 10.6. The number of aliphatic hydroxyl groups excluding tert-OH is 1. The normalized spacial score (nSPS) is 11.9. The van der Waals surface area contributed by atoms with Gasteiger partial charge in [-0.1, -0.05) is 0 Å². The summed E-state index contributed by atoms with van der Waals surface area (Å²) in [6, 6.07) is 7.10. The third kappa shape index (κ3) is 2.04. The highest BCUT2D eigenvalue weighted by Crippen LogP contribution is 2.26. The summed E-state index contributed by atoms with van der Waals surface area (Å²) in [5, 5.41) is 17.7. The summed E-state index contributed by atoms with van der Waals surface area (Å²) in [5.41, 5.74) is 1.30. The molecule has 0 amide bonds. The molecule has 0 bridgehead atoms. The van der Waals surface area contributed by atoms with Gasteiger partial charge in [-0.2, -0.15) is 5.26 Å². The molecule has 0 aliphatic carbocycles. The second-order valence-corrected chi connectivity index (χ2v) is 2.95. The van der Waals surface area contributed by atoms with Gasteiger partial charge in [0, 0.05) is 11.5 Å². The van der Waals surface area contributed by atoms with E-state index < -0.39 is 0 Å². The number of aliphatic hydroxyl groups is 1. The molecule has 1 radical (unpaired) electrons. The number of methoxy groups -OCH3 is 1. The summed E-state index contributed by atoms with van der Waals surface area (Å²) in [5.74, 6) is 0.385. The van der Waals surface area contributed by atoms with Gasteiger partial charge in [-0.05, 0) is 25.1 Å². The van der Waals surface area contributed by atoms with Crippen LogP contribution in [0, 0.1) is 18.3 Å². The van der Waals surface area contributed by atoms with Crippen molar-refractivity contribution in [1.29, 1.82) is 5.26 Å². The number of nitrogens with zero attached hydrogens (tertiary/aromatic N) is 1. The van der Waals surface area contributed by atoms with Crippen LogP contribution in [0.25, 0.3) is 0 Å². The molecule has 1 aromatic rings. The first-order valence-electron chi connectivity index (χ1n) is 4.25. The van der Waals surface area contributed by atoms with Gasteiger partial charge in [-0.3, -0.25) is 0 Å². The molecule has 0 saturated carbocycles. The summed E-state index contributed by atoms with van der Waals surface area (Å²) in [6.07, 6.45) is 0. The molecule has 0 aromatic heterocycles. The van der Waals surface area contributed by atoms with E-state index in [0.717, 1.165) is 5.56 Å². The summed E-state index contributed by atoms with van der Waals surface area (Å²) >= 11 is 0. The molecule has 1 atom stereocenters. The second kappa shape index (κ2) is 4.64. The Kier molecular flexibility index (Phi) is 3.49. The van der Waals surface area contributed by atoms with Crippen molar-refractivity contribution in [2.45, 2.75) is 5.92 Å². The van der Waals surface area contributed by atoms with E-state index in [1.54, 1.807) is 25.3 Å². The summed E-state index contributed by atoms with van der Waals surface area (Å²) in [7, 11) is 1.55. The lowest BCUT2D eigenvalue weighted by molar-refractivity contribution is 0.279. The van der Waals surface area contributed by atoms with Crippen molar-refractivity contribution < 1.29 is 9.84 Å². The monoisotopic (exact) mass is 190 g/mol. The maximum absolute atomic E-state index is 8.97. The number of nitriles is 1. The van der Waals surface area contributed by atoms with Crippen LogP contribution in [0.3, 0.4) is 0 Å². The Bertz CT molecular complexity index is 355. The topological polar surface area (TPSA) is 53.2 Å². The maximum Gasteiger partial charge on any atom is 0.122 e. The molecule has 0 aliphatic rings. The lowest BCUT2D eigenvalue weighted by Crippen LogP contribution is -2.02. The molecule has 0 spiro atoms. The predicted molar refractivity (Wildman–Crippen MR) is 52.9 cm³/mol. The SMILES string of the molecule is [CH2]C(CO)c1cc(C#N)ccc1OC. The van der Waals surface area contributed by atoms with Crippen molar-refractivity contribution in [3.63, 3.8) is 0 Å². The molecule has 1 N–H and O–H groups in total. The van der Waals surface area contributed by atoms with E-state index in [1.165, 1.54) is 0 Å². The first-order valence-corrected chi connectivity index (χ1v) is 4.25. The molecule has 1 aromatic carbocycles. The van der Waals surface area contributed by atoms with Crippen LogP contribution in [0.5, 0.6) is 5.75 Å². The first-order chi connectivity index (χ1) is 6.72. The summed E-state index contributed by atoms with van der Waals surface area (Å²) in [6.45, 7) is 3.71. The minimum atomic E-state index is -0.266. The van der Waals surface area contributed by atoms with Crippen LogP contribution >= 0.6 is 0 Å². The molecule has 73 valence electrons. The highest BCUT2D eigenvalue weighted by molar-refractivity contribution is 5.44. The van der Waals surface area contributed by atoms with E-state index in [0.29, 0.717) is 11.3 Å². The molecule has 3 heteroatoms. The van der Waals surface area contributed by atoms with Gasteiger partial charge in [0.2, 0.25) is 0 Å². The Balaban J connectivity index is 3.16. The van der Waals surface area contributed by atoms with Crippen molar-refractivity contribution in [2.24, 2.45) is 0 Å². The maximum atomic E-state index is 8.97. The second-order valence-electron chi connectivity index (χ2n) is 2.95. The molecule has 0 heterocycles.